The molecule has 0 aliphatic carbocycles. The van der Waals surface area contributed by atoms with E-state index in [1.165, 1.54) is 12.1 Å². The molecule has 2 aromatic rings. The van der Waals surface area contributed by atoms with Crippen LogP contribution in [0.15, 0.2) is 36.4 Å². The van der Waals surface area contributed by atoms with E-state index in [9.17, 15) is 9.90 Å². The maximum absolute atomic E-state index is 10.7. The smallest absolute Gasteiger partial charge is 0.335 e. The summed E-state index contributed by atoms with van der Waals surface area (Å²) in [5.41, 5.74) is 0.0983. The number of fused-ring (bicyclic) bond motifs is 1. The molecule has 0 aliphatic rings. The van der Waals surface area contributed by atoms with Crippen molar-refractivity contribution in [3.63, 3.8) is 0 Å². The topological polar surface area (TPSA) is 57.5 Å². The summed E-state index contributed by atoms with van der Waals surface area (Å²) in [6.07, 6.45) is 0. The highest BCUT2D eigenvalue weighted by Crippen LogP contribution is 2.26. The van der Waals surface area contributed by atoms with Gasteiger partial charge in [0.1, 0.15) is 5.75 Å². The van der Waals surface area contributed by atoms with Crippen LogP contribution >= 0.6 is 24.8 Å². The number of rotatable bonds is 1. The minimum atomic E-state index is -1.04. The Kier molecular flexibility index (Phi) is 5.08. The van der Waals surface area contributed by atoms with Crippen LogP contribution in [-0.4, -0.2) is 16.2 Å². The number of hydrogen-bond donors (Lipinski definition) is 2. The van der Waals surface area contributed by atoms with Crippen LogP contribution in [0.1, 0.15) is 10.4 Å². The van der Waals surface area contributed by atoms with Crippen LogP contribution in [0, 0.1) is 0 Å². The first-order valence-electron chi connectivity index (χ1n) is 4.13. The Hall–Kier alpha value is -1.45. The van der Waals surface area contributed by atoms with Gasteiger partial charge in [0.2, 0.25) is 0 Å². The number of carboxylic acid groups (broad SMARTS) is 1. The third-order valence-electron chi connectivity index (χ3n) is 2.09. The van der Waals surface area contributed by atoms with Crippen molar-refractivity contribution in [1.82, 2.24) is 0 Å². The van der Waals surface area contributed by atoms with Crippen LogP contribution in [-0.2, 0) is 0 Å². The monoisotopic (exact) mass is 260 g/mol. The SMILES string of the molecule is Cl.Cl.O=C(O)c1cc(O)c2ccccc2c1. The third-order valence-corrected chi connectivity index (χ3v) is 2.09. The molecule has 0 aromatic heterocycles. The number of carboxylic acids is 1. The molecule has 0 saturated carbocycles. The van der Waals surface area contributed by atoms with Gasteiger partial charge in [-0.05, 0) is 17.5 Å². The predicted molar refractivity (Wildman–Crippen MR) is 67.1 cm³/mol. The molecular formula is C11H10Cl2O3. The molecule has 0 radical (unpaired) electrons. The minimum Gasteiger partial charge on any atom is -0.507 e. The second-order valence-corrected chi connectivity index (χ2v) is 3.02. The zero-order valence-corrected chi connectivity index (χ0v) is 9.72. The number of hydrogen-bond acceptors (Lipinski definition) is 2. The summed E-state index contributed by atoms with van der Waals surface area (Å²) < 4.78 is 0. The average Bonchev–Trinajstić information content (AvgIpc) is 2.17. The number of benzene rings is 2. The molecule has 0 saturated heterocycles. The minimum absolute atomic E-state index is 0. The van der Waals surface area contributed by atoms with Gasteiger partial charge in [-0.3, -0.25) is 0 Å². The Bertz CT molecular complexity index is 512. The molecular weight excluding hydrogens is 251 g/mol. The molecule has 5 heteroatoms. The Balaban J connectivity index is 0.00000112. The van der Waals surface area contributed by atoms with Crippen molar-refractivity contribution in [3.8, 4) is 5.75 Å². The highest BCUT2D eigenvalue weighted by atomic mass is 35.5. The van der Waals surface area contributed by atoms with Gasteiger partial charge in [-0.25, -0.2) is 4.79 Å². The van der Waals surface area contributed by atoms with Crippen LogP contribution in [0.25, 0.3) is 10.8 Å². The number of aromatic carboxylic acids is 1. The molecule has 0 fully saturated rings. The van der Waals surface area contributed by atoms with Crippen LogP contribution in [0.5, 0.6) is 5.75 Å². The first kappa shape index (κ1) is 14.6. The number of carbonyl (C=O) groups is 1. The Morgan fingerprint density at radius 1 is 1.06 bits per heavy atom. The maximum Gasteiger partial charge on any atom is 0.335 e. The van der Waals surface area contributed by atoms with Gasteiger partial charge in [0.15, 0.2) is 0 Å². The Morgan fingerprint density at radius 2 is 1.69 bits per heavy atom. The number of aromatic hydroxyl groups is 1. The van der Waals surface area contributed by atoms with E-state index >= 15 is 0 Å². The van der Waals surface area contributed by atoms with Crippen molar-refractivity contribution in [3.05, 3.63) is 42.0 Å². The summed E-state index contributed by atoms with van der Waals surface area (Å²) in [5, 5.41) is 19.7. The summed E-state index contributed by atoms with van der Waals surface area (Å²) in [6.45, 7) is 0. The largest absolute Gasteiger partial charge is 0.507 e. The second-order valence-electron chi connectivity index (χ2n) is 3.02. The van der Waals surface area contributed by atoms with Gasteiger partial charge in [-0.15, -0.1) is 24.8 Å². The third kappa shape index (κ3) is 2.56. The van der Waals surface area contributed by atoms with Gasteiger partial charge >= 0.3 is 5.97 Å². The number of phenols is 1. The molecule has 0 bridgehead atoms. The fraction of sp³-hybridized carbons (Fsp3) is 0. The van der Waals surface area contributed by atoms with Gasteiger partial charge in [0.05, 0.1) is 5.56 Å². The summed E-state index contributed by atoms with van der Waals surface area (Å²) in [7, 11) is 0. The van der Waals surface area contributed by atoms with Crippen molar-refractivity contribution in [2.75, 3.05) is 0 Å². The van der Waals surface area contributed by atoms with Crippen LogP contribution in [0.2, 0.25) is 0 Å². The van der Waals surface area contributed by atoms with Gasteiger partial charge in [-0.2, -0.15) is 0 Å². The molecule has 3 nitrogen and oxygen atoms in total. The van der Waals surface area contributed by atoms with Crippen LogP contribution in [0.4, 0.5) is 0 Å². The molecule has 0 aliphatic heterocycles. The Labute approximate surface area is 105 Å². The molecule has 0 heterocycles. The maximum atomic E-state index is 10.7. The average molecular weight is 261 g/mol. The van der Waals surface area contributed by atoms with E-state index in [2.05, 4.69) is 0 Å². The summed E-state index contributed by atoms with van der Waals surface area (Å²) in [5.74, 6) is -1.04. The lowest BCUT2D eigenvalue weighted by Gasteiger charge is -2.02. The normalized spacial score (nSPS) is 9.00. The van der Waals surface area contributed by atoms with Gasteiger partial charge in [0, 0.05) is 5.39 Å². The zero-order chi connectivity index (χ0) is 10.1. The molecule has 86 valence electrons. The first-order valence-corrected chi connectivity index (χ1v) is 4.13. The highest BCUT2D eigenvalue weighted by molar-refractivity contribution is 5.97. The van der Waals surface area contributed by atoms with Crippen molar-refractivity contribution >= 4 is 41.6 Å². The molecule has 16 heavy (non-hydrogen) atoms. The quantitative estimate of drug-likeness (QED) is 0.829. The standard InChI is InChI=1S/C11H8O3.2ClH/c12-10-6-8(11(13)14)5-7-3-1-2-4-9(7)10;;/h1-6,12H,(H,13,14);2*1H. The highest BCUT2D eigenvalue weighted by Gasteiger charge is 2.07. The number of phenolic OH excluding ortho intramolecular Hbond substituents is 1. The van der Waals surface area contributed by atoms with E-state index in [4.69, 9.17) is 5.11 Å². The van der Waals surface area contributed by atoms with Gasteiger partial charge < -0.3 is 10.2 Å². The summed E-state index contributed by atoms with van der Waals surface area (Å²) >= 11 is 0. The lowest BCUT2D eigenvalue weighted by Crippen LogP contribution is -1.95. The Morgan fingerprint density at radius 3 is 2.31 bits per heavy atom. The van der Waals surface area contributed by atoms with Crippen LogP contribution < -0.4 is 0 Å². The van der Waals surface area contributed by atoms with E-state index in [1.807, 2.05) is 0 Å². The summed E-state index contributed by atoms with van der Waals surface area (Å²) in [6, 6.07) is 9.90. The zero-order valence-electron chi connectivity index (χ0n) is 8.08. The molecule has 0 atom stereocenters. The van der Waals surface area contributed by atoms with E-state index in [0.29, 0.717) is 5.39 Å². The number of halogens is 2. The van der Waals surface area contributed by atoms with Crippen molar-refractivity contribution in [2.45, 2.75) is 0 Å². The second kappa shape index (κ2) is 5.58. The first-order chi connectivity index (χ1) is 6.68. The molecule has 2 N–H and O–H groups in total. The van der Waals surface area contributed by atoms with Crippen LogP contribution in [0.3, 0.4) is 0 Å². The van der Waals surface area contributed by atoms with Crippen molar-refractivity contribution < 1.29 is 15.0 Å². The van der Waals surface area contributed by atoms with E-state index in [1.54, 1.807) is 24.3 Å². The van der Waals surface area contributed by atoms with E-state index in [0.717, 1.165) is 5.39 Å². The fourth-order valence-corrected chi connectivity index (χ4v) is 1.41. The molecule has 2 rings (SSSR count). The lowest BCUT2D eigenvalue weighted by molar-refractivity contribution is 0.0696. The van der Waals surface area contributed by atoms with Gasteiger partial charge in [-0.1, -0.05) is 24.3 Å². The van der Waals surface area contributed by atoms with Crippen molar-refractivity contribution in [2.24, 2.45) is 0 Å². The van der Waals surface area contributed by atoms with Gasteiger partial charge in [0.25, 0.3) is 0 Å². The fourth-order valence-electron chi connectivity index (χ4n) is 1.41. The van der Waals surface area contributed by atoms with Crippen molar-refractivity contribution in [1.29, 1.82) is 0 Å². The van der Waals surface area contributed by atoms with E-state index in [-0.39, 0.29) is 36.1 Å². The molecule has 0 amide bonds. The summed E-state index contributed by atoms with van der Waals surface area (Å²) in [4.78, 5) is 10.7. The molecule has 0 spiro atoms. The molecule has 0 unspecified atom stereocenters. The lowest BCUT2D eigenvalue weighted by atomic mass is 10.1. The van der Waals surface area contributed by atoms with E-state index < -0.39 is 5.97 Å². The predicted octanol–water partition coefficient (Wildman–Crippen LogP) is 3.09. The molecule has 2 aromatic carbocycles.